The van der Waals surface area contributed by atoms with Crippen LogP contribution in [0.25, 0.3) is 5.65 Å². The van der Waals surface area contributed by atoms with Gasteiger partial charge in [0.05, 0.1) is 23.9 Å². The minimum absolute atomic E-state index is 0.0481. The summed E-state index contributed by atoms with van der Waals surface area (Å²) < 4.78 is 8.04. The predicted octanol–water partition coefficient (Wildman–Crippen LogP) is 1.20. The number of nitrogens with zero attached hydrogens (tertiary/aromatic N) is 6. The average molecular weight is 307 g/mol. The summed E-state index contributed by atoms with van der Waals surface area (Å²) in [4.78, 5) is 16.1. The van der Waals surface area contributed by atoms with Crippen molar-refractivity contribution < 1.29 is 9.53 Å². The van der Waals surface area contributed by atoms with Crippen LogP contribution in [0.4, 0.5) is 0 Å². The lowest BCUT2D eigenvalue weighted by Crippen LogP contribution is -2.15. The second-order valence-corrected chi connectivity index (χ2v) is 4.66. The van der Waals surface area contributed by atoms with E-state index in [4.69, 9.17) is 16.3 Å². The number of aromatic nitrogens is 6. The number of halogens is 1. The number of fused-ring (bicyclic) bond motifs is 1. The number of esters is 1. The van der Waals surface area contributed by atoms with Crippen molar-refractivity contribution in [2.45, 2.75) is 13.5 Å². The number of hydrogen-bond donors (Lipinski definition) is 0. The molecule has 3 aromatic heterocycles. The van der Waals surface area contributed by atoms with Crippen LogP contribution in [0, 0.1) is 0 Å². The van der Waals surface area contributed by atoms with Crippen LogP contribution in [0.3, 0.4) is 0 Å². The fraction of sp³-hybridized carbons (Fsp3) is 0.250. The van der Waals surface area contributed by atoms with Crippen LogP contribution in [-0.2, 0) is 11.3 Å². The van der Waals surface area contributed by atoms with E-state index >= 15 is 0 Å². The van der Waals surface area contributed by atoms with E-state index in [-0.39, 0.29) is 19.0 Å². The molecule has 8 nitrogen and oxygen atoms in total. The van der Waals surface area contributed by atoms with Crippen molar-refractivity contribution in [3.05, 3.63) is 41.1 Å². The Bertz CT molecular complexity index is 796. The summed E-state index contributed by atoms with van der Waals surface area (Å²) in [5, 5.41) is 11.6. The maximum absolute atomic E-state index is 11.7. The van der Waals surface area contributed by atoms with Gasteiger partial charge in [0, 0.05) is 12.4 Å². The van der Waals surface area contributed by atoms with Crippen LogP contribution in [0.2, 0.25) is 5.02 Å². The Morgan fingerprint density at radius 3 is 3.05 bits per heavy atom. The first kappa shape index (κ1) is 13.5. The molecule has 0 atom stereocenters. The van der Waals surface area contributed by atoms with E-state index in [2.05, 4.69) is 20.5 Å². The van der Waals surface area contributed by atoms with Crippen molar-refractivity contribution in [1.29, 1.82) is 0 Å². The van der Waals surface area contributed by atoms with Crippen LogP contribution >= 0.6 is 11.6 Å². The Hall–Kier alpha value is -2.48. The average Bonchev–Trinajstić information content (AvgIpc) is 3.05. The maximum atomic E-state index is 11.7. The van der Waals surface area contributed by atoms with Crippen LogP contribution in [-0.4, -0.2) is 42.2 Å². The third-order valence-corrected chi connectivity index (χ3v) is 2.99. The first-order valence-electron chi connectivity index (χ1n) is 6.24. The smallest absolute Gasteiger partial charge is 0.378 e. The Balaban J connectivity index is 1.88. The summed E-state index contributed by atoms with van der Waals surface area (Å²) in [6, 6.07) is 3.56. The van der Waals surface area contributed by atoms with Crippen molar-refractivity contribution >= 4 is 23.2 Å². The second kappa shape index (κ2) is 5.49. The highest BCUT2D eigenvalue weighted by atomic mass is 35.5. The zero-order valence-corrected chi connectivity index (χ0v) is 11.9. The van der Waals surface area contributed by atoms with Crippen molar-refractivity contribution in [3.63, 3.8) is 0 Å². The van der Waals surface area contributed by atoms with Gasteiger partial charge in [0.1, 0.15) is 5.65 Å². The quantitative estimate of drug-likeness (QED) is 0.673. The molecule has 0 radical (unpaired) electrons. The Morgan fingerprint density at radius 1 is 1.38 bits per heavy atom. The number of rotatable bonds is 4. The summed E-state index contributed by atoms with van der Waals surface area (Å²) in [5.41, 5.74) is 1.45. The molecule has 0 N–H and O–H groups in total. The molecule has 0 aromatic carbocycles. The molecule has 0 spiro atoms. The topological polar surface area (TPSA) is 87.2 Å². The monoisotopic (exact) mass is 306 g/mol. The Kier molecular flexibility index (Phi) is 3.53. The highest BCUT2D eigenvalue weighted by Gasteiger charge is 2.17. The third-order valence-electron chi connectivity index (χ3n) is 2.77. The molecule has 0 saturated heterocycles. The van der Waals surface area contributed by atoms with Gasteiger partial charge in [-0.3, -0.25) is 0 Å². The standard InChI is InChI=1S/C12H11ClN6O2/c1-2-21-12(20)11-15-16-17-19(11)7-9-6-18-5-8(13)3-4-10(18)14-9/h3-6H,2,7H2,1H3. The van der Waals surface area contributed by atoms with Gasteiger partial charge >= 0.3 is 5.97 Å². The molecule has 0 aliphatic heterocycles. The molecule has 3 rings (SSSR count). The highest BCUT2D eigenvalue weighted by molar-refractivity contribution is 6.30. The minimum atomic E-state index is -0.561. The lowest BCUT2D eigenvalue weighted by atomic mass is 10.4. The lowest BCUT2D eigenvalue weighted by molar-refractivity contribution is 0.0505. The van der Waals surface area contributed by atoms with Crippen LogP contribution in [0.15, 0.2) is 24.5 Å². The number of hydrogen-bond acceptors (Lipinski definition) is 6. The van der Waals surface area contributed by atoms with Crippen molar-refractivity contribution in [1.82, 2.24) is 29.6 Å². The zero-order valence-electron chi connectivity index (χ0n) is 11.1. The molecule has 0 amide bonds. The number of pyridine rings is 1. The normalized spacial score (nSPS) is 11.0. The summed E-state index contributed by atoms with van der Waals surface area (Å²) >= 11 is 5.92. The fourth-order valence-electron chi connectivity index (χ4n) is 1.90. The van der Waals surface area contributed by atoms with E-state index in [0.717, 1.165) is 5.65 Å². The maximum Gasteiger partial charge on any atom is 0.378 e. The Labute approximate surface area is 124 Å². The van der Waals surface area contributed by atoms with Gasteiger partial charge in [-0.2, -0.15) is 0 Å². The van der Waals surface area contributed by atoms with Crippen LogP contribution in [0.5, 0.6) is 0 Å². The summed E-state index contributed by atoms with van der Waals surface area (Å²) in [5.74, 6) is -0.513. The van der Waals surface area contributed by atoms with Crippen molar-refractivity contribution in [2.24, 2.45) is 0 Å². The summed E-state index contributed by atoms with van der Waals surface area (Å²) in [7, 11) is 0. The molecule has 9 heteroatoms. The molecule has 108 valence electrons. The molecule has 0 fully saturated rings. The molecule has 0 unspecified atom stereocenters. The van der Waals surface area contributed by atoms with E-state index in [1.807, 2.05) is 0 Å². The van der Waals surface area contributed by atoms with E-state index < -0.39 is 5.97 Å². The van der Waals surface area contributed by atoms with Gasteiger partial charge in [-0.05, 0) is 29.5 Å². The van der Waals surface area contributed by atoms with Gasteiger partial charge < -0.3 is 9.14 Å². The largest absolute Gasteiger partial charge is 0.460 e. The predicted molar refractivity (Wildman–Crippen MR) is 73.1 cm³/mol. The minimum Gasteiger partial charge on any atom is -0.460 e. The van der Waals surface area contributed by atoms with Crippen molar-refractivity contribution in [3.8, 4) is 0 Å². The second-order valence-electron chi connectivity index (χ2n) is 4.23. The molecule has 0 aliphatic carbocycles. The zero-order chi connectivity index (χ0) is 14.8. The fourth-order valence-corrected chi connectivity index (χ4v) is 2.07. The van der Waals surface area contributed by atoms with E-state index in [1.54, 1.807) is 35.9 Å². The van der Waals surface area contributed by atoms with Gasteiger partial charge in [-0.15, -0.1) is 5.10 Å². The molecular weight excluding hydrogens is 296 g/mol. The van der Waals surface area contributed by atoms with Gasteiger partial charge in [0.25, 0.3) is 5.82 Å². The summed E-state index contributed by atoms with van der Waals surface area (Å²) in [6.07, 6.45) is 3.55. The van der Waals surface area contributed by atoms with Crippen LogP contribution < -0.4 is 0 Å². The van der Waals surface area contributed by atoms with E-state index in [1.165, 1.54) is 4.68 Å². The van der Waals surface area contributed by atoms with Gasteiger partial charge in [-0.25, -0.2) is 14.5 Å². The number of ether oxygens (including phenoxy) is 1. The third kappa shape index (κ3) is 2.70. The summed E-state index contributed by atoms with van der Waals surface area (Å²) in [6.45, 7) is 2.25. The van der Waals surface area contributed by atoms with Gasteiger partial charge in [-0.1, -0.05) is 11.6 Å². The van der Waals surface area contributed by atoms with Gasteiger partial charge in [0.15, 0.2) is 0 Å². The number of tetrazole rings is 1. The van der Waals surface area contributed by atoms with Gasteiger partial charge in [0.2, 0.25) is 0 Å². The van der Waals surface area contributed by atoms with E-state index in [9.17, 15) is 4.79 Å². The SMILES string of the molecule is CCOC(=O)c1nnnn1Cc1cn2cc(Cl)ccc2n1. The first-order chi connectivity index (χ1) is 10.2. The highest BCUT2D eigenvalue weighted by Crippen LogP contribution is 2.12. The molecule has 3 heterocycles. The molecule has 0 saturated carbocycles. The van der Waals surface area contributed by atoms with Crippen LogP contribution in [0.1, 0.15) is 23.2 Å². The molecule has 21 heavy (non-hydrogen) atoms. The Morgan fingerprint density at radius 2 is 2.24 bits per heavy atom. The van der Waals surface area contributed by atoms with Crippen molar-refractivity contribution in [2.75, 3.05) is 6.61 Å². The first-order valence-corrected chi connectivity index (χ1v) is 6.61. The molecule has 0 bridgehead atoms. The molecular formula is C12H11ClN6O2. The number of carbonyl (C=O) groups excluding carboxylic acids is 1. The number of imidazole rings is 1. The van der Waals surface area contributed by atoms with E-state index in [0.29, 0.717) is 10.7 Å². The number of carbonyl (C=O) groups is 1. The molecule has 0 aliphatic rings. The molecule has 3 aromatic rings. The lowest BCUT2D eigenvalue weighted by Gasteiger charge is -2.01.